The van der Waals surface area contributed by atoms with Gasteiger partial charge in [-0.15, -0.1) is 0 Å². The standard InChI is InChI=1S/2C5H5N.2CH3NOS.Na.H/c2*1-2-4-6-5-3-1;2*2-1(3)4;;/h2*1-5H;2*(H3,2,3,4);;/q;;;;+1;-1. The minimum Gasteiger partial charge on any atom is -1.00 e. The van der Waals surface area contributed by atoms with Crippen molar-refractivity contribution in [3.05, 3.63) is 61.2 Å². The number of hydrogen-bond donors (Lipinski definition) is 4. The summed E-state index contributed by atoms with van der Waals surface area (Å²) in [6, 6.07) is 11.4. The molecule has 0 fully saturated rings. The molecule has 0 aliphatic heterocycles. The molecular formula is C12H17N4NaO2S2. The van der Waals surface area contributed by atoms with Gasteiger partial charge < -0.3 is 12.9 Å². The third kappa shape index (κ3) is 45.4. The molecule has 0 saturated heterocycles. The van der Waals surface area contributed by atoms with E-state index in [9.17, 15) is 0 Å². The molecule has 0 saturated carbocycles. The summed E-state index contributed by atoms with van der Waals surface area (Å²) in [5.74, 6) is 0. The van der Waals surface area contributed by atoms with Crippen LogP contribution < -0.4 is 41.0 Å². The molecule has 0 bridgehead atoms. The van der Waals surface area contributed by atoms with E-state index in [0.29, 0.717) is 0 Å². The van der Waals surface area contributed by atoms with Gasteiger partial charge in [-0.3, -0.25) is 19.6 Å². The molecular weight excluding hydrogens is 319 g/mol. The van der Waals surface area contributed by atoms with Crippen LogP contribution in [0.25, 0.3) is 0 Å². The summed E-state index contributed by atoms with van der Waals surface area (Å²) in [7, 11) is 0. The van der Waals surface area contributed by atoms with Crippen molar-refractivity contribution in [3.8, 4) is 0 Å². The van der Waals surface area contributed by atoms with E-state index in [2.05, 4.69) is 46.7 Å². The maximum absolute atomic E-state index is 9.09. The molecule has 4 N–H and O–H groups in total. The van der Waals surface area contributed by atoms with Gasteiger partial charge in [0.05, 0.1) is 0 Å². The van der Waals surface area contributed by atoms with Gasteiger partial charge >= 0.3 is 29.6 Å². The van der Waals surface area contributed by atoms with Crippen LogP contribution >= 0.6 is 25.3 Å². The number of primary amides is 2. The average Bonchev–Trinajstić information content (AvgIpc) is 2.42. The van der Waals surface area contributed by atoms with Gasteiger partial charge in [-0.2, -0.15) is 0 Å². The van der Waals surface area contributed by atoms with Crippen LogP contribution in [0, 0.1) is 0 Å². The van der Waals surface area contributed by atoms with E-state index >= 15 is 0 Å². The fourth-order valence-corrected chi connectivity index (χ4v) is 0.625. The molecule has 110 valence electrons. The van der Waals surface area contributed by atoms with E-state index in [-0.39, 0.29) is 31.0 Å². The fraction of sp³-hybridized carbons (Fsp3) is 0. The second-order valence-electron chi connectivity index (χ2n) is 2.73. The second-order valence-corrected chi connectivity index (χ2v) is 3.61. The van der Waals surface area contributed by atoms with Crippen molar-refractivity contribution in [2.75, 3.05) is 0 Å². The Bertz CT molecular complexity index is 350. The van der Waals surface area contributed by atoms with Gasteiger partial charge in [0, 0.05) is 24.8 Å². The second kappa shape index (κ2) is 21.2. The Labute approximate surface area is 158 Å². The summed E-state index contributed by atoms with van der Waals surface area (Å²) in [4.78, 5) is 25.7. The van der Waals surface area contributed by atoms with Gasteiger partial charge in [0.15, 0.2) is 0 Å². The van der Waals surface area contributed by atoms with Crippen LogP contribution in [-0.4, -0.2) is 20.4 Å². The molecule has 2 rings (SSSR count). The maximum atomic E-state index is 9.09. The minimum absolute atomic E-state index is 0. The Balaban J connectivity index is -0.0000000975. The summed E-state index contributed by atoms with van der Waals surface area (Å²) >= 11 is 6.21. The smallest absolute Gasteiger partial charge is 1.00 e. The van der Waals surface area contributed by atoms with E-state index in [1.165, 1.54) is 0 Å². The molecule has 0 radical (unpaired) electrons. The molecule has 9 heteroatoms. The van der Waals surface area contributed by atoms with Gasteiger partial charge in [-0.25, -0.2) is 0 Å². The monoisotopic (exact) mass is 336 g/mol. The number of nitrogens with two attached hydrogens (primary N) is 2. The number of aromatic nitrogens is 2. The molecule has 0 unspecified atom stereocenters. The van der Waals surface area contributed by atoms with Crippen LogP contribution in [0.3, 0.4) is 0 Å². The quantitative estimate of drug-likeness (QED) is 0.375. The largest absolute Gasteiger partial charge is 1.00 e. The number of carbonyl (C=O) groups is 2. The summed E-state index contributed by atoms with van der Waals surface area (Å²) in [5, 5.41) is -1.28. The first-order valence-corrected chi connectivity index (χ1v) is 6.03. The Kier molecular flexibility index (Phi) is 25.2. The van der Waals surface area contributed by atoms with Crippen LogP contribution in [0.5, 0.6) is 0 Å². The van der Waals surface area contributed by atoms with Gasteiger partial charge in [-0.1, -0.05) is 37.4 Å². The Hall–Kier alpha value is -1.06. The van der Waals surface area contributed by atoms with E-state index in [1.807, 2.05) is 36.4 Å². The minimum atomic E-state index is -0.639. The summed E-state index contributed by atoms with van der Waals surface area (Å²) in [6.07, 6.45) is 7.00. The van der Waals surface area contributed by atoms with E-state index < -0.39 is 10.5 Å². The number of thiol groups is 2. The molecule has 0 aliphatic carbocycles. The van der Waals surface area contributed by atoms with Crippen LogP contribution in [-0.2, 0) is 0 Å². The SMILES string of the molecule is NC(=O)S.NC(=O)S.[H-].[Na+].c1ccncc1.c1ccncc1. The molecule has 2 heterocycles. The normalized spacial score (nSPS) is 6.95. The topological polar surface area (TPSA) is 112 Å². The van der Waals surface area contributed by atoms with Crippen molar-refractivity contribution >= 4 is 35.7 Å². The Morgan fingerprint density at radius 2 is 0.905 bits per heavy atom. The summed E-state index contributed by atoms with van der Waals surface area (Å²) < 4.78 is 0. The van der Waals surface area contributed by atoms with Crippen LogP contribution in [0.2, 0.25) is 0 Å². The van der Waals surface area contributed by atoms with E-state index in [4.69, 9.17) is 9.59 Å². The van der Waals surface area contributed by atoms with Gasteiger partial charge in [0.25, 0.3) is 10.5 Å². The first kappa shape index (κ1) is 24.9. The molecule has 0 aliphatic rings. The van der Waals surface area contributed by atoms with Crippen LogP contribution in [0.4, 0.5) is 9.59 Å². The molecule has 2 aromatic rings. The zero-order valence-corrected chi connectivity index (χ0v) is 15.3. The summed E-state index contributed by atoms with van der Waals surface area (Å²) in [5.41, 5.74) is 8.67. The molecule has 2 aromatic heterocycles. The Morgan fingerprint density at radius 3 is 0.952 bits per heavy atom. The fourth-order valence-electron chi connectivity index (χ4n) is 0.625. The van der Waals surface area contributed by atoms with E-state index in [0.717, 1.165) is 0 Å². The molecule has 21 heavy (non-hydrogen) atoms. The molecule has 0 atom stereocenters. The maximum Gasteiger partial charge on any atom is 1.00 e. The number of hydrogen-bond acceptors (Lipinski definition) is 4. The molecule has 6 nitrogen and oxygen atoms in total. The van der Waals surface area contributed by atoms with Crippen molar-refractivity contribution in [2.24, 2.45) is 11.5 Å². The van der Waals surface area contributed by atoms with Gasteiger partial charge in [0.1, 0.15) is 0 Å². The van der Waals surface area contributed by atoms with Gasteiger partial charge in [0.2, 0.25) is 0 Å². The molecule has 2 amide bonds. The van der Waals surface area contributed by atoms with Crippen molar-refractivity contribution in [3.63, 3.8) is 0 Å². The zero-order chi connectivity index (χ0) is 15.6. The first-order chi connectivity index (χ1) is 9.46. The van der Waals surface area contributed by atoms with Gasteiger partial charge in [-0.05, 0) is 24.3 Å². The van der Waals surface area contributed by atoms with Crippen LogP contribution in [0.15, 0.2) is 61.2 Å². The molecule has 0 spiro atoms. The Morgan fingerprint density at radius 1 is 0.714 bits per heavy atom. The predicted octanol–water partition coefficient (Wildman–Crippen LogP) is -0.730. The number of amides is 2. The number of nitrogens with zero attached hydrogens (tertiary/aromatic N) is 2. The van der Waals surface area contributed by atoms with E-state index in [1.54, 1.807) is 24.8 Å². The van der Waals surface area contributed by atoms with Crippen molar-refractivity contribution in [2.45, 2.75) is 0 Å². The van der Waals surface area contributed by atoms with Crippen molar-refractivity contribution in [1.82, 2.24) is 9.97 Å². The average molecular weight is 336 g/mol. The van der Waals surface area contributed by atoms with Crippen molar-refractivity contribution in [1.29, 1.82) is 0 Å². The number of carbonyl (C=O) groups excluding carboxylic acids is 2. The summed E-state index contributed by atoms with van der Waals surface area (Å²) in [6.45, 7) is 0. The number of pyridine rings is 2. The molecule has 0 aromatic carbocycles. The predicted molar refractivity (Wildman–Crippen MR) is 86.7 cm³/mol. The first-order valence-electron chi connectivity index (χ1n) is 5.13. The zero-order valence-electron chi connectivity index (χ0n) is 12.5. The van der Waals surface area contributed by atoms with Crippen molar-refractivity contribution < 1.29 is 40.6 Å². The number of rotatable bonds is 0. The third-order valence-electron chi connectivity index (χ3n) is 1.13. The third-order valence-corrected chi connectivity index (χ3v) is 1.13. The van der Waals surface area contributed by atoms with Crippen LogP contribution in [0.1, 0.15) is 1.43 Å².